The molecule has 0 spiro atoms. The van der Waals surface area contributed by atoms with Gasteiger partial charge in [0, 0.05) is 13.6 Å². The highest BCUT2D eigenvalue weighted by molar-refractivity contribution is 7.89. The Morgan fingerprint density at radius 1 is 1.21 bits per heavy atom. The summed E-state index contributed by atoms with van der Waals surface area (Å²) in [5, 5.41) is 8.58. The average Bonchev–Trinajstić information content (AvgIpc) is 2.40. The monoisotopic (exact) mass is 280 g/mol. The van der Waals surface area contributed by atoms with Crippen molar-refractivity contribution in [1.29, 1.82) is 5.26 Å². The molecular formula is C14H20N2O2S. The van der Waals surface area contributed by atoms with Gasteiger partial charge >= 0.3 is 0 Å². The maximum absolute atomic E-state index is 12.3. The average molecular weight is 280 g/mol. The van der Waals surface area contributed by atoms with Crippen LogP contribution in [0.5, 0.6) is 0 Å². The van der Waals surface area contributed by atoms with Gasteiger partial charge in [-0.15, -0.1) is 0 Å². The van der Waals surface area contributed by atoms with Gasteiger partial charge in [-0.05, 0) is 24.1 Å². The molecule has 0 amide bonds. The van der Waals surface area contributed by atoms with Crippen molar-refractivity contribution in [1.82, 2.24) is 4.31 Å². The highest BCUT2D eigenvalue weighted by atomic mass is 32.2. The molecule has 1 rings (SSSR count). The molecule has 0 fully saturated rings. The molecule has 5 heteroatoms. The topological polar surface area (TPSA) is 61.2 Å². The Hall–Kier alpha value is -1.38. The van der Waals surface area contributed by atoms with Crippen molar-refractivity contribution < 1.29 is 8.42 Å². The van der Waals surface area contributed by atoms with Gasteiger partial charge in [0.05, 0.1) is 17.4 Å². The van der Waals surface area contributed by atoms with Gasteiger partial charge in [0.25, 0.3) is 0 Å². The number of sulfonamides is 1. The third kappa shape index (κ3) is 4.34. The predicted molar refractivity (Wildman–Crippen MR) is 75.1 cm³/mol. The Morgan fingerprint density at radius 2 is 1.84 bits per heavy atom. The second-order valence-corrected chi connectivity index (χ2v) is 6.56. The minimum atomic E-state index is -3.40. The summed E-state index contributed by atoms with van der Waals surface area (Å²) in [5.74, 6) is 0. The Bertz CT molecular complexity index is 530. The Morgan fingerprint density at radius 3 is 2.37 bits per heavy atom. The molecule has 0 aliphatic carbocycles. The summed E-state index contributed by atoms with van der Waals surface area (Å²) in [6, 6.07) is 8.56. The molecule has 0 radical (unpaired) electrons. The first kappa shape index (κ1) is 15.7. The lowest BCUT2D eigenvalue weighted by Gasteiger charge is -2.17. The molecule has 104 valence electrons. The minimum absolute atomic E-state index is 0.285. The molecule has 0 aromatic heterocycles. The van der Waals surface area contributed by atoms with E-state index < -0.39 is 10.0 Å². The number of unbranched alkanes of at least 4 members (excludes halogenated alkanes) is 2. The molecule has 0 aliphatic rings. The van der Waals surface area contributed by atoms with Gasteiger partial charge < -0.3 is 0 Å². The van der Waals surface area contributed by atoms with Crippen LogP contribution in [0.25, 0.3) is 0 Å². The van der Waals surface area contributed by atoms with Gasteiger partial charge in [-0.2, -0.15) is 5.26 Å². The number of benzene rings is 1. The molecule has 0 unspecified atom stereocenters. The highest BCUT2D eigenvalue weighted by Crippen LogP contribution is 2.16. The van der Waals surface area contributed by atoms with Crippen molar-refractivity contribution in [2.24, 2.45) is 0 Å². The molecule has 0 aliphatic heterocycles. The zero-order valence-corrected chi connectivity index (χ0v) is 12.3. The summed E-state index contributed by atoms with van der Waals surface area (Å²) >= 11 is 0. The summed E-state index contributed by atoms with van der Waals surface area (Å²) in [6.45, 7) is 2.62. The van der Waals surface area contributed by atoms with Crippen molar-refractivity contribution in [2.75, 3.05) is 13.6 Å². The zero-order valence-electron chi connectivity index (χ0n) is 11.5. The second kappa shape index (κ2) is 7.27. The van der Waals surface area contributed by atoms with Gasteiger partial charge in [-0.1, -0.05) is 31.9 Å². The van der Waals surface area contributed by atoms with Crippen molar-refractivity contribution in [3.63, 3.8) is 0 Å². The fraction of sp³-hybridized carbons (Fsp3) is 0.500. The Balaban J connectivity index is 2.79. The first-order valence-electron chi connectivity index (χ1n) is 6.44. The lowest BCUT2D eigenvalue weighted by atomic mass is 10.2. The van der Waals surface area contributed by atoms with Crippen molar-refractivity contribution in [3.8, 4) is 6.07 Å². The van der Waals surface area contributed by atoms with Crippen molar-refractivity contribution in [2.45, 2.75) is 37.5 Å². The van der Waals surface area contributed by atoms with Gasteiger partial charge in [0.15, 0.2) is 0 Å². The zero-order chi connectivity index (χ0) is 14.3. The number of hydrogen-bond donors (Lipinski definition) is 0. The third-order valence-corrected chi connectivity index (χ3v) is 4.86. The van der Waals surface area contributed by atoms with E-state index in [2.05, 4.69) is 6.92 Å². The van der Waals surface area contributed by atoms with Crippen LogP contribution in [0.4, 0.5) is 0 Å². The lowest BCUT2D eigenvalue weighted by Crippen LogP contribution is -2.27. The smallest absolute Gasteiger partial charge is 0.207 e. The van der Waals surface area contributed by atoms with Crippen LogP contribution in [-0.4, -0.2) is 26.3 Å². The van der Waals surface area contributed by atoms with Crippen LogP contribution >= 0.6 is 0 Å². The molecule has 0 saturated carbocycles. The number of nitrogens with zero attached hydrogens (tertiary/aromatic N) is 2. The van der Waals surface area contributed by atoms with Crippen LogP contribution in [0.3, 0.4) is 0 Å². The van der Waals surface area contributed by atoms with E-state index in [-0.39, 0.29) is 4.90 Å². The second-order valence-electron chi connectivity index (χ2n) is 4.51. The highest BCUT2D eigenvalue weighted by Gasteiger charge is 2.19. The van der Waals surface area contributed by atoms with E-state index in [0.717, 1.165) is 24.8 Å². The maximum Gasteiger partial charge on any atom is 0.242 e. The predicted octanol–water partition coefficient (Wildman–Crippen LogP) is 2.56. The van der Waals surface area contributed by atoms with Crippen LogP contribution < -0.4 is 0 Å². The molecule has 0 atom stereocenters. The summed E-state index contributed by atoms with van der Waals surface area (Å²) in [7, 11) is -1.80. The minimum Gasteiger partial charge on any atom is -0.207 e. The van der Waals surface area contributed by atoms with Gasteiger partial charge in [-0.3, -0.25) is 0 Å². The van der Waals surface area contributed by atoms with E-state index in [4.69, 9.17) is 5.26 Å². The van der Waals surface area contributed by atoms with E-state index in [1.165, 1.54) is 4.31 Å². The van der Waals surface area contributed by atoms with E-state index in [1.807, 2.05) is 6.07 Å². The summed E-state index contributed by atoms with van der Waals surface area (Å²) in [6.07, 6.45) is 3.27. The summed E-state index contributed by atoms with van der Waals surface area (Å²) in [4.78, 5) is 0.285. The van der Waals surface area contributed by atoms with Crippen LogP contribution in [0, 0.1) is 11.3 Å². The van der Waals surface area contributed by atoms with Crippen molar-refractivity contribution in [3.05, 3.63) is 29.8 Å². The maximum atomic E-state index is 12.3. The fourth-order valence-corrected chi connectivity index (χ4v) is 2.96. The molecule has 0 saturated heterocycles. The van der Waals surface area contributed by atoms with E-state index in [9.17, 15) is 8.42 Å². The van der Waals surface area contributed by atoms with E-state index in [1.54, 1.807) is 31.3 Å². The Labute approximate surface area is 115 Å². The fourth-order valence-electron chi connectivity index (χ4n) is 1.76. The quantitative estimate of drug-likeness (QED) is 0.721. The summed E-state index contributed by atoms with van der Waals surface area (Å²) < 4.78 is 25.9. The molecule has 0 N–H and O–H groups in total. The van der Waals surface area contributed by atoms with E-state index in [0.29, 0.717) is 13.0 Å². The van der Waals surface area contributed by atoms with Gasteiger partial charge in [0.2, 0.25) is 10.0 Å². The lowest BCUT2D eigenvalue weighted by molar-refractivity contribution is 0.454. The first-order valence-corrected chi connectivity index (χ1v) is 7.88. The van der Waals surface area contributed by atoms with Crippen LogP contribution in [-0.2, 0) is 16.4 Å². The summed E-state index contributed by atoms with van der Waals surface area (Å²) in [5.41, 5.74) is 0.829. The number of rotatable bonds is 7. The van der Waals surface area contributed by atoms with Gasteiger partial charge in [0.1, 0.15) is 0 Å². The normalized spacial score (nSPS) is 11.5. The standard InChI is InChI=1S/C14H20N2O2S/c1-3-4-5-12-16(2)19(17,18)14-8-6-13(7-9-14)10-11-15/h6-9H,3-5,10,12H2,1-2H3. The molecule has 1 aromatic rings. The Kier molecular flexibility index (Phi) is 6.00. The molecule has 0 bridgehead atoms. The number of hydrogen-bond acceptors (Lipinski definition) is 3. The first-order chi connectivity index (χ1) is 9.02. The third-order valence-electron chi connectivity index (χ3n) is 2.99. The van der Waals surface area contributed by atoms with Crippen molar-refractivity contribution >= 4 is 10.0 Å². The van der Waals surface area contributed by atoms with Crippen LogP contribution in [0.15, 0.2) is 29.2 Å². The van der Waals surface area contributed by atoms with E-state index >= 15 is 0 Å². The molecule has 0 heterocycles. The van der Waals surface area contributed by atoms with Crippen LogP contribution in [0.1, 0.15) is 31.7 Å². The van der Waals surface area contributed by atoms with Gasteiger partial charge in [-0.25, -0.2) is 12.7 Å². The molecule has 19 heavy (non-hydrogen) atoms. The largest absolute Gasteiger partial charge is 0.242 e. The SMILES string of the molecule is CCCCCN(C)S(=O)(=O)c1ccc(CC#N)cc1. The van der Waals surface area contributed by atoms with Crippen LogP contribution in [0.2, 0.25) is 0 Å². The molecule has 4 nitrogen and oxygen atoms in total. The number of nitriles is 1. The molecule has 1 aromatic carbocycles. The molecular weight excluding hydrogens is 260 g/mol.